The molecule has 1 spiro atoms. The highest BCUT2D eigenvalue weighted by Gasteiger charge is 2.68. The van der Waals surface area contributed by atoms with Crippen LogP contribution < -0.4 is 0 Å². The Bertz CT molecular complexity index is 608. The van der Waals surface area contributed by atoms with Gasteiger partial charge in [-0.05, 0) is 69.1 Å². The highest BCUT2D eigenvalue weighted by Crippen LogP contribution is 2.70. The van der Waals surface area contributed by atoms with E-state index in [0.29, 0.717) is 11.7 Å². The van der Waals surface area contributed by atoms with Crippen LogP contribution in [0.4, 0.5) is 0 Å². The molecule has 3 nitrogen and oxygen atoms in total. The number of ketones is 1. The summed E-state index contributed by atoms with van der Waals surface area (Å²) in [6.07, 6.45) is 7.50. The number of carbonyl (C=O) groups is 2. The lowest BCUT2D eigenvalue weighted by Crippen LogP contribution is -2.60. The molecule has 4 rings (SSSR count). The summed E-state index contributed by atoms with van der Waals surface area (Å²) in [4.78, 5) is 25.1. The third-order valence-electron chi connectivity index (χ3n) is 8.39. The molecule has 4 aliphatic carbocycles. The molecule has 4 fully saturated rings. The SMILES string of the molecule is C=C1CC23CCC4C(C)(C(=O)O)CCCC4(C)C2CCC1C3=O. The van der Waals surface area contributed by atoms with Gasteiger partial charge in [-0.1, -0.05) is 25.5 Å². The summed E-state index contributed by atoms with van der Waals surface area (Å²) in [5, 5.41) is 9.89. The molecule has 0 heterocycles. The van der Waals surface area contributed by atoms with Crippen LogP contribution in [0.2, 0.25) is 0 Å². The summed E-state index contributed by atoms with van der Waals surface area (Å²) in [5.74, 6) is 0.466. The third-order valence-corrected chi connectivity index (χ3v) is 8.39. The second-order valence-corrected chi connectivity index (χ2v) is 9.21. The Morgan fingerprint density at radius 2 is 1.87 bits per heavy atom. The molecule has 3 heteroatoms. The Labute approximate surface area is 138 Å². The molecule has 0 radical (unpaired) electrons. The first-order valence-electron chi connectivity index (χ1n) is 9.21. The second kappa shape index (κ2) is 4.49. The molecule has 6 unspecified atom stereocenters. The maximum atomic E-state index is 13.1. The molecule has 4 saturated carbocycles. The lowest BCUT2D eigenvalue weighted by atomic mass is 9.41. The van der Waals surface area contributed by atoms with Crippen LogP contribution in [0.1, 0.15) is 65.2 Å². The summed E-state index contributed by atoms with van der Waals surface area (Å²) in [5.41, 5.74) is 0.317. The molecule has 0 aromatic rings. The van der Waals surface area contributed by atoms with Crippen molar-refractivity contribution in [2.75, 3.05) is 0 Å². The van der Waals surface area contributed by atoms with Crippen LogP contribution in [0.5, 0.6) is 0 Å². The van der Waals surface area contributed by atoms with Crippen molar-refractivity contribution in [1.29, 1.82) is 0 Å². The quantitative estimate of drug-likeness (QED) is 0.737. The fourth-order valence-electron chi connectivity index (χ4n) is 7.37. The molecule has 0 saturated heterocycles. The molecule has 0 aliphatic heterocycles. The summed E-state index contributed by atoms with van der Waals surface area (Å²) in [6, 6.07) is 0. The number of allylic oxidation sites excluding steroid dienone is 1. The summed E-state index contributed by atoms with van der Waals surface area (Å²) in [7, 11) is 0. The maximum absolute atomic E-state index is 13.1. The fraction of sp³-hybridized carbons (Fsp3) is 0.800. The van der Waals surface area contributed by atoms with Gasteiger partial charge in [-0.2, -0.15) is 0 Å². The Balaban J connectivity index is 1.79. The molecule has 23 heavy (non-hydrogen) atoms. The van der Waals surface area contributed by atoms with Crippen molar-refractivity contribution in [3.05, 3.63) is 12.2 Å². The molecule has 2 bridgehead atoms. The van der Waals surface area contributed by atoms with Gasteiger partial charge in [0, 0.05) is 11.3 Å². The molecule has 1 N–H and O–H groups in total. The Hall–Kier alpha value is -1.12. The molecule has 0 amide bonds. The summed E-state index contributed by atoms with van der Waals surface area (Å²) >= 11 is 0. The van der Waals surface area contributed by atoms with Crippen molar-refractivity contribution in [2.45, 2.75) is 65.2 Å². The van der Waals surface area contributed by atoms with Crippen molar-refractivity contribution >= 4 is 11.8 Å². The number of rotatable bonds is 1. The average Bonchev–Trinajstić information content (AvgIpc) is 2.63. The minimum absolute atomic E-state index is 0.00507. The van der Waals surface area contributed by atoms with Gasteiger partial charge in [-0.15, -0.1) is 0 Å². The van der Waals surface area contributed by atoms with Crippen molar-refractivity contribution in [3.8, 4) is 0 Å². The van der Waals surface area contributed by atoms with Gasteiger partial charge in [0.2, 0.25) is 0 Å². The van der Waals surface area contributed by atoms with Crippen molar-refractivity contribution < 1.29 is 14.7 Å². The number of fused-ring (bicyclic) bond motifs is 3. The van der Waals surface area contributed by atoms with E-state index < -0.39 is 11.4 Å². The number of carbonyl (C=O) groups excluding carboxylic acids is 1. The van der Waals surface area contributed by atoms with E-state index >= 15 is 0 Å². The van der Waals surface area contributed by atoms with E-state index in [1.165, 1.54) is 0 Å². The second-order valence-electron chi connectivity index (χ2n) is 9.21. The minimum atomic E-state index is -0.639. The topological polar surface area (TPSA) is 54.4 Å². The van der Waals surface area contributed by atoms with Gasteiger partial charge in [0.05, 0.1) is 5.41 Å². The van der Waals surface area contributed by atoms with Gasteiger partial charge in [0.15, 0.2) is 0 Å². The zero-order valence-electron chi connectivity index (χ0n) is 14.4. The van der Waals surface area contributed by atoms with Crippen LogP contribution in [0.25, 0.3) is 0 Å². The van der Waals surface area contributed by atoms with Crippen molar-refractivity contribution in [3.63, 3.8) is 0 Å². The van der Waals surface area contributed by atoms with Crippen LogP contribution in [-0.4, -0.2) is 16.9 Å². The maximum Gasteiger partial charge on any atom is 0.309 e. The number of hydrogen-bond acceptors (Lipinski definition) is 2. The smallest absolute Gasteiger partial charge is 0.309 e. The minimum Gasteiger partial charge on any atom is -0.481 e. The molecular formula is C20H28O3. The molecule has 126 valence electrons. The first-order valence-corrected chi connectivity index (χ1v) is 9.21. The number of hydrogen-bond donors (Lipinski definition) is 1. The largest absolute Gasteiger partial charge is 0.481 e. The van der Waals surface area contributed by atoms with Crippen molar-refractivity contribution in [1.82, 2.24) is 0 Å². The standard InChI is InChI=1S/C20H28O3/c1-12-11-20-10-7-14-18(2,8-4-9-19(14,3)17(22)23)15(20)6-5-13(12)16(20)21/h13-15H,1,4-11H2,2-3H3,(H,22,23). The first kappa shape index (κ1) is 15.4. The Morgan fingerprint density at radius 3 is 2.57 bits per heavy atom. The fourth-order valence-corrected chi connectivity index (χ4v) is 7.37. The predicted molar refractivity (Wildman–Crippen MR) is 87.8 cm³/mol. The van der Waals surface area contributed by atoms with E-state index in [-0.39, 0.29) is 22.7 Å². The molecule has 4 aliphatic rings. The van der Waals surface area contributed by atoms with E-state index in [4.69, 9.17) is 0 Å². The lowest BCUT2D eigenvalue weighted by Gasteiger charge is -2.62. The van der Waals surface area contributed by atoms with Gasteiger partial charge < -0.3 is 5.11 Å². The normalized spacial score (nSPS) is 52.0. The van der Waals surface area contributed by atoms with E-state index in [1.54, 1.807) is 0 Å². The molecule has 0 aromatic heterocycles. The van der Waals surface area contributed by atoms with Crippen LogP contribution in [0.15, 0.2) is 12.2 Å². The van der Waals surface area contributed by atoms with Crippen LogP contribution in [0, 0.1) is 34.0 Å². The monoisotopic (exact) mass is 316 g/mol. The van der Waals surface area contributed by atoms with Gasteiger partial charge in [-0.3, -0.25) is 9.59 Å². The third kappa shape index (κ3) is 1.66. The highest BCUT2D eigenvalue weighted by molar-refractivity contribution is 5.94. The Morgan fingerprint density at radius 1 is 1.13 bits per heavy atom. The molecular weight excluding hydrogens is 288 g/mol. The van der Waals surface area contributed by atoms with Gasteiger partial charge in [0.1, 0.15) is 5.78 Å². The summed E-state index contributed by atoms with van der Waals surface area (Å²) in [6.45, 7) is 8.46. The van der Waals surface area contributed by atoms with Crippen molar-refractivity contribution in [2.24, 2.45) is 34.0 Å². The molecule has 0 aromatic carbocycles. The van der Waals surface area contributed by atoms with E-state index in [0.717, 1.165) is 56.9 Å². The van der Waals surface area contributed by atoms with Crippen LogP contribution >= 0.6 is 0 Å². The van der Waals surface area contributed by atoms with Crippen LogP contribution in [-0.2, 0) is 9.59 Å². The summed E-state index contributed by atoms with van der Waals surface area (Å²) < 4.78 is 0. The highest BCUT2D eigenvalue weighted by atomic mass is 16.4. The van der Waals surface area contributed by atoms with Gasteiger partial charge in [0.25, 0.3) is 0 Å². The average molecular weight is 316 g/mol. The van der Waals surface area contributed by atoms with Crippen LogP contribution in [0.3, 0.4) is 0 Å². The first-order chi connectivity index (χ1) is 10.8. The van der Waals surface area contributed by atoms with Gasteiger partial charge in [-0.25, -0.2) is 0 Å². The zero-order valence-corrected chi connectivity index (χ0v) is 14.4. The molecule has 6 atom stereocenters. The van der Waals surface area contributed by atoms with Gasteiger partial charge >= 0.3 is 5.97 Å². The lowest BCUT2D eigenvalue weighted by molar-refractivity contribution is -0.183. The number of aliphatic carboxylic acids is 1. The van der Waals surface area contributed by atoms with E-state index in [1.807, 2.05) is 6.92 Å². The Kier molecular flexibility index (Phi) is 3.01. The van der Waals surface area contributed by atoms with E-state index in [2.05, 4.69) is 13.5 Å². The number of carboxylic acids is 1. The number of carboxylic acid groups (broad SMARTS) is 1. The van der Waals surface area contributed by atoms with E-state index in [9.17, 15) is 14.7 Å². The predicted octanol–water partition coefficient (Wildman–Crippen LogP) is 4.22. The number of Topliss-reactive ketones (excluding diaryl/α,β-unsaturated/α-hetero) is 1. The zero-order chi connectivity index (χ0) is 16.6.